The molecule has 1 atom stereocenters. The van der Waals surface area contributed by atoms with Crippen LogP contribution in [0.25, 0.3) is 0 Å². The van der Waals surface area contributed by atoms with Gasteiger partial charge in [0.15, 0.2) is 0 Å². The summed E-state index contributed by atoms with van der Waals surface area (Å²) in [6.45, 7) is 1.60. The first-order valence-corrected chi connectivity index (χ1v) is 8.05. The zero-order valence-electron chi connectivity index (χ0n) is 13.6. The number of urea groups is 1. The molecular weight excluding hydrogens is 300 g/mol. The predicted octanol–water partition coefficient (Wildman–Crippen LogP) is -0.118. The van der Waals surface area contributed by atoms with E-state index < -0.39 is 17.6 Å². The van der Waals surface area contributed by atoms with E-state index in [1.54, 1.807) is 6.92 Å². The largest absolute Gasteiger partial charge is 0.357 e. The molecule has 1 saturated carbocycles. The summed E-state index contributed by atoms with van der Waals surface area (Å²) in [7, 11) is 1.49. The first kappa shape index (κ1) is 17.2. The molecule has 0 bridgehead atoms. The smallest absolute Gasteiger partial charge is 0.325 e. The fourth-order valence-electron chi connectivity index (χ4n) is 3.18. The van der Waals surface area contributed by atoms with E-state index >= 15 is 0 Å². The Morgan fingerprint density at radius 2 is 1.91 bits per heavy atom. The van der Waals surface area contributed by atoms with Gasteiger partial charge < -0.3 is 16.0 Å². The monoisotopic (exact) mass is 324 g/mol. The van der Waals surface area contributed by atoms with Gasteiger partial charge in [0.1, 0.15) is 11.6 Å². The topological polar surface area (TPSA) is 108 Å². The fraction of sp³-hybridized carbons (Fsp3) is 0.733. The first-order valence-electron chi connectivity index (χ1n) is 8.05. The molecule has 8 heteroatoms. The zero-order valence-corrected chi connectivity index (χ0v) is 13.6. The first-order chi connectivity index (χ1) is 10.9. The number of carbonyl (C=O) groups excluding carboxylic acids is 4. The Morgan fingerprint density at radius 3 is 2.52 bits per heavy atom. The van der Waals surface area contributed by atoms with Gasteiger partial charge >= 0.3 is 6.03 Å². The van der Waals surface area contributed by atoms with E-state index in [1.807, 2.05) is 0 Å². The van der Waals surface area contributed by atoms with Crippen molar-refractivity contribution in [1.29, 1.82) is 0 Å². The van der Waals surface area contributed by atoms with E-state index in [0.717, 1.165) is 24.2 Å². The molecular formula is C15H24N4O4. The molecule has 1 heterocycles. The van der Waals surface area contributed by atoms with Crippen molar-refractivity contribution in [3.63, 3.8) is 0 Å². The van der Waals surface area contributed by atoms with Gasteiger partial charge in [-0.2, -0.15) is 0 Å². The molecule has 8 nitrogen and oxygen atoms in total. The summed E-state index contributed by atoms with van der Waals surface area (Å²) in [5, 5.41) is 7.78. The Labute approximate surface area is 135 Å². The van der Waals surface area contributed by atoms with Gasteiger partial charge in [-0.3, -0.25) is 19.3 Å². The van der Waals surface area contributed by atoms with Crippen LogP contribution >= 0.6 is 0 Å². The maximum Gasteiger partial charge on any atom is 0.325 e. The lowest BCUT2D eigenvalue weighted by Crippen LogP contribution is -2.48. The Morgan fingerprint density at radius 1 is 1.26 bits per heavy atom. The van der Waals surface area contributed by atoms with Crippen LogP contribution in [0.4, 0.5) is 4.79 Å². The molecule has 23 heavy (non-hydrogen) atoms. The summed E-state index contributed by atoms with van der Waals surface area (Å²) in [6.07, 6.45) is 4.22. The van der Waals surface area contributed by atoms with Crippen molar-refractivity contribution in [2.45, 2.75) is 57.0 Å². The minimum Gasteiger partial charge on any atom is -0.357 e. The molecule has 2 aliphatic rings. The minimum atomic E-state index is -0.763. The van der Waals surface area contributed by atoms with Crippen LogP contribution < -0.4 is 16.0 Å². The van der Waals surface area contributed by atoms with E-state index in [1.165, 1.54) is 7.05 Å². The molecule has 0 aromatic carbocycles. The number of hydrogen-bond acceptors (Lipinski definition) is 4. The molecule has 1 aliphatic heterocycles. The van der Waals surface area contributed by atoms with Gasteiger partial charge in [-0.05, 0) is 19.8 Å². The molecule has 0 aromatic heterocycles. The van der Waals surface area contributed by atoms with Gasteiger partial charge in [0.25, 0.3) is 5.91 Å². The lowest BCUT2D eigenvalue weighted by atomic mass is 9.82. The molecule has 1 aliphatic carbocycles. The lowest BCUT2D eigenvalue weighted by Gasteiger charge is -2.30. The summed E-state index contributed by atoms with van der Waals surface area (Å²) >= 11 is 0. The molecule has 0 unspecified atom stereocenters. The third kappa shape index (κ3) is 3.62. The number of carbonyl (C=O) groups is 4. The normalized spacial score (nSPS) is 21.0. The minimum absolute atomic E-state index is 0.0173. The SMILES string of the molecule is CNC(=O)[C@@H](C)NC(=O)CCN1C(=O)NC2(CCCCC2)C1=O. The molecule has 3 N–H and O–H groups in total. The van der Waals surface area contributed by atoms with Crippen LogP contribution in [0.15, 0.2) is 0 Å². The van der Waals surface area contributed by atoms with Crippen LogP contribution in [0.2, 0.25) is 0 Å². The second kappa shape index (κ2) is 6.97. The highest BCUT2D eigenvalue weighted by atomic mass is 16.2. The van der Waals surface area contributed by atoms with Crippen LogP contribution in [0.3, 0.4) is 0 Å². The average Bonchev–Trinajstić information content (AvgIpc) is 2.75. The summed E-state index contributed by atoms with van der Waals surface area (Å²) in [6, 6.07) is -1.08. The highest BCUT2D eigenvalue weighted by Crippen LogP contribution is 2.33. The van der Waals surface area contributed by atoms with E-state index in [-0.39, 0.29) is 30.7 Å². The Hall–Kier alpha value is -2.12. The number of rotatable bonds is 5. The maximum absolute atomic E-state index is 12.5. The van der Waals surface area contributed by atoms with Crippen molar-refractivity contribution >= 4 is 23.8 Å². The fourth-order valence-corrected chi connectivity index (χ4v) is 3.18. The van der Waals surface area contributed by atoms with Crippen LogP contribution in [-0.2, 0) is 14.4 Å². The van der Waals surface area contributed by atoms with Gasteiger partial charge in [-0.25, -0.2) is 4.79 Å². The van der Waals surface area contributed by atoms with E-state index in [2.05, 4.69) is 16.0 Å². The van der Waals surface area contributed by atoms with Crippen molar-refractivity contribution in [3.05, 3.63) is 0 Å². The van der Waals surface area contributed by atoms with Gasteiger partial charge in [-0.1, -0.05) is 19.3 Å². The molecule has 128 valence electrons. The number of likely N-dealkylation sites (N-methyl/N-ethyl adjacent to an activating group) is 1. The van der Waals surface area contributed by atoms with E-state index in [4.69, 9.17) is 0 Å². The molecule has 2 rings (SSSR count). The van der Waals surface area contributed by atoms with Crippen LogP contribution in [0.5, 0.6) is 0 Å². The van der Waals surface area contributed by atoms with E-state index in [0.29, 0.717) is 12.8 Å². The molecule has 0 radical (unpaired) electrons. The van der Waals surface area contributed by atoms with Gasteiger partial charge in [0, 0.05) is 20.0 Å². The summed E-state index contributed by atoms with van der Waals surface area (Å²) in [5.74, 6) is -0.893. The summed E-state index contributed by atoms with van der Waals surface area (Å²) < 4.78 is 0. The van der Waals surface area contributed by atoms with Crippen molar-refractivity contribution in [2.75, 3.05) is 13.6 Å². The number of hydrogen-bond donors (Lipinski definition) is 3. The lowest BCUT2D eigenvalue weighted by molar-refractivity contribution is -0.133. The third-order valence-corrected chi connectivity index (χ3v) is 4.53. The van der Waals surface area contributed by atoms with E-state index in [9.17, 15) is 19.2 Å². The third-order valence-electron chi connectivity index (χ3n) is 4.53. The van der Waals surface area contributed by atoms with Crippen LogP contribution in [0.1, 0.15) is 45.4 Å². The maximum atomic E-state index is 12.5. The number of imide groups is 1. The van der Waals surface area contributed by atoms with Gasteiger partial charge in [0.05, 0.1) is 0 Å². The second-order valence-corrected chi connectivity index (χ2v) is 6.18. The number of nitrogens with one attached hydrogen (secondary N) is 3. The predicted molar refractivity (Wildman–Crippen MR) is 82.3 cm³/mol. The highest BCUT2D eigenvalue weighted by molar-refractivity contribution is 6.07. The van der Waals surface area contributed by atoms with Crippen molar-refractivity contribution in [3.8, 4) is 0 Å². The average molecular weight is 324 g/mol. The van der Waals surface area contributed by atoms with Crippen LogP contribution in [0, 0.1) is 0 Å². The van der Waals surface area contributed by atoms with Gasteiger partial charge in [0.2, 0.25) is 11.8 Å². The zero-order chi connectivity index (χ0) is 17.0. The molecule has 1 saturated heterocycles. The number of amides is 5. The highest BCUT2D eigenvalue weighted by Gasteiger charge is 2.51. The molecule has 5 amide bonds. The van der Waals surface area contributed by atoms with Crippen molar-refractivity contribution in [1.82, 2.24) is 20.9 Å². The standard InChI is InChI=1S/C15H24N4O4/c1-10(12(21)16-2)17-11(20)6-9-19-13(22)15(18-14(19)23)7-4-3-5-8-15/h10H,3-9H2,1-2H3,(H,16,21)(H,17,20)(H,18,23)/t10-/m1/s1. The van der Waals surface area contributed by atoms with Crippen molar-refractivity contribution < 1.29 is 19.2 Å². The quantitative estimate of drug-likeness (QED) is 0.613. The Bertz CT molecular complexity index is 514. The van der Waals surface area contributed by atoms with Gasteiger partial charge in [-0.15, -0.1) is 0 Å². The Balaban J connectivity index is 1.88. The second-order valence-electron chi connectivity index (χ2n) is 6.18. The Kier molecular flexibility index (Phi) is 5.23. The van der Waals surface area contributed by atoms with Crippen molar-refractivity contribution in [2.24, 2.45) is 0 Å². The molecule has 1 spiro atoms. The molecule has 0 aromatic rings. The van der Waals surface area contributed by atoms with Crippen LogP contribution in [-0.4, -0.2) is 53.8 Å². The summed E-state index contributed by atoms with van der Waals surface area (Å²) in [5.41, 5.74) is -0.763. The molecule has 2 fully saturated rings. The summed E-state index contributed by atoms with van der Waals surface area (Å²) in [4.78, 5) is 48.9. The number of nitrogens with zero attached hydrogens (tertiary/aromatic N) is 1.